The maximum Gasteiger partial charge on any atom is 0.240 e. The van der Waals surface area contributed by atoms with Crippen LogP contribution in [0.15, 0.2) is 47.4 Å². The molecule has 0 atom stereocenters. The van der Waals surface area contributed by atoms with Crippen LogP contribution in [0.2, 0.25) is 0 Å². The zero-order chi connectivity index (χ0) is 19.2. The molecule has 7 nitrogen and oxygen atoms in total. The summed E-state index contributed by atoms with van der Waals surface area (Å²) >= 11 is 0. The van der Waals surface area contributed by atoms with Crippen molar-refractivity contribution in [2.75, 3.05) is 26.1 Å². The van der Waals surface area contributed by atoms with Gasteiger partial charge in [0.2, 0.25) is 15.9 Å². The van der Waals surface area contributed by atoms with Crippen LogP contribution in [0.4, 0.5) is 5.69 Å². The van der Waals surface area contributed by atoms with Crippen molar-refractivity contribution in [3.8, 4) is 11.5 Å². The molecule has 0 unspecified atom stereocenters. The summed E-state index contributed by atoms with van der Waals surface area (Å²) in [4.78, 5) is 12.3. The van der Waals surface area contributed by atoms with Gasteiger partial charge in [-0.15, -0.1) is 0 Å². The number of sulfonamides is 1. The second-order valence-corrected chi connectivity index (χ2v) is 7.34. The summed E-state index contributed by atoms with van der Waals surface area (Å²) in [5.41, 5.74) is 1.42. The third kappa shape index (κ3) is 5.21. The highest BCUT2D eigenvalue weighted by molar-refractivity contribution is 7.89. The molecule has 0 saturated heterocycles. The summed E-state index contributed by atoms with van der Waals surface area (Å²) in [5.74, 6) is 0.712. The Bertz CT molecular complexity index is 864. The molecule has 0 spiro atoms. The Labute approximate surface area is 153 Å². The van der Waals surface area contributed by atoms with E-state index in [1.165, 1.54) is 26.4 Å². The Morgan fingerprint density at radius 3 is 2.35 bits per heavy atom. The minimum atomic E-state index is -3.64. The molecule has 2 aromatic rings. The van der Waals surface area contributed by atoms with Crippen LogP contribution in [-0.4, -0.2) is 35.1 Å². The summed E-state index contributed by atoms with van der Waals surface area (Å²) in [6.45, 7) is 1.86. The first-order valence-corrected chi connectivity index (χ1v) is 9.42. The second-order valence-electron chi connectivity index (χ2n) is 5.58. The number of carbonyl (C=O) groups is 1. The third-order valence-corrected chi connectivity index (χ3v) is 5.13. The van der Waals surface area contributed by atoms with E-state index in [1.54, 1.807) is 30.3 Å². The zero-order valence-corrected chi connectivity index (χ0v) is 15.7. The number of nitrogens with one attached hydrogen (secondary N) is 2. The largest absolute Gasteiger partial charge is 0.497 e. The van der Waals surface area contributed by atoms with E-state index in [1.807, 2.05) is 6.92 Å². The second kappa shape index (κ2) is 8.68. The van der Waals surface area contributed by atoms with Crippen molar-refractivity contribution in [3.63, 3.8) is 0 Å². The van der Waals surface area contributed by atoms with Crippen LogP contribution >= 0.6 is 0 Å². The van der Waals surface area contributed by atoms with Gasteiger partial charge in [-0.3, -0.25) is 4.79 Å². The van der Waals surface area contributed by atoms with Crippen LogP contribution in [0.5, 0.6) is 11.5 Å². The maximum atomic E-state index is 12.2. The van der Waals surface area contributed by atoms with E-state index in [0.717, 1.165) is 5.56 Å². The van der Waals surface area contributed by atoms with E-state index in [4.69, 9.17) is 9.47 Å². The molecule has 140 valence electrons. The quantitative estimate of drug-likeness (QED) is 0.735. The van der Waals surface area contributed by atoms with Crippen LogP contribution < -0.4 is 19.5 Å². The average molecular weight is 378 g/mol. The number of anilines is 1. The number of hydrogen-bond acceptors (Lipinski definition) is 5. The van der Waals surface area contributed by atoms with Crippen molar-refractivity contribution in [2.45, 2.75) is 18.2 Å². The van der Waals surface area contributed by atoms with Crippen molar-refractivity contribution < 1.29 is 22.7 Å². The predicted octanol–water partition coefficient (Wildman–Crippen LogP) is 2.32. The summed E-state index contributed by atoms with van der Waals surface area (Å²) in [6.07, 6.45) is -0.0224. The molecule has 0 fully saturated rings. The summed E-state index contributed by atoms with van der Waals surface area (Å²) in [7, 11) is -0.629. The molecule has 0 bridgehead atoms. The zero-order valence-electron chi connectivity index (χ0n) is 14.9. The standard InChI is InChI=1S/C18H22N2O5S/c1-13-4-7-15(8-5-13)26(22,23)19-11-10-18(21)20-16-12-14(24-2)6-9-17(16)25-3/h4-9,12,19H,10-11H2,1-3H3,(H,20,21). The highest BCUT2D eigenvalue weighted by Crippen LogP contribution is 2.28. The van der Waals surface area contributed by atoms with Crippen LogP contribution in [0.25, 0.3) is 0 Å². The van der Waals surface area contributed by atoms with Gasteiger partial charge in [0.25, 0.3) is 0 Å². The molecule has 26 heavy (non-hydrogen) atoms. The fourth-order valence-electron chi connectivity index (χ4n) is 2.22. The van der Waals surface area contributed by atoms with E-state index >= 15 is 0 Å². The lowest BCUT2D eigenvalue weighted by Gasteiger charge is -2.12. The van der Waals surface area contributed by atoms with Gasteiger partial charge in [0, 0.05) is 19.0 Å². The van der Waals surface area contributed by atoms with Crippen LogP contribution in [0, 0.1) is 6.92 Å². The molecular formula is C18H22N2O5S. The number of rotatable bonds is 8. The molecule has 1 amide bonds. The molecule has 0 aromatic heterocycles. The van der Waals surface area contributed by atoms with Gasteiger partial charge >= 0.3 is 0 Å². The minimum Gasteiger partial charge on any atom is -0.497 e. The lowest BCUT2D eigenvalue weighted by atomic mass is 10.2. The molecule has 0 aliphatic carbocycles. The number of carbonyl (C=O) groups excluding carboxylic acids is 1. The number of aryl methyl sites for hydroxylation is 1. The first-order valence-electron chi connectivity index (χ1n) is 7.94. The van der Waals surface area contributed by atoms with E-state index in [9.17, 15) is 13.2 Å². The first kappa shape index (κ1) is 19.7. The lowest BCUT2D eigenvalue weighted by molar-refractivity contribution is -0.116. The van der Waals surface area contributed by atoms with Crippen LogP contribution in [0.3, 0.4) is 0 Å². The maximum absolute atomic E-state index is 12.2. The lowest BCUT2D eigenvalue weighted by Crippen LogP contribution is -2.27. The molecule has 0 saturated carbocycles. The van der Waals surface area contributed by atoms with Gasteiger partial charge in [-0.2, -0.15) is 0 Å². The van der Waals surface area contributed by atoms with Gasteiger partial charge in [0.15, 0.2) is 0 Å². The Balaban J connectivity index is 1.94. The highest BCUT2D eigenvalue weighted by atomic mass is 32.2. The van der Waals surface area contributed by atoms with Gasteiger partial charge in [-0.05, 0) is 31.2 Å². The fraction of sp³-hybridized carbons (Fsp3) is 0.278. The van der Waals surface area contributed by atoms with Crippen molar-refractivity contribution in [2.24, 2.45) is 0 Å². The average Bonchev–Trinajstić information content (AvgIpc) is 2.61. The number of ether oxygens (including phenoxy) is 2. The number of methoxy groups -OCH3 is 2. The topological polar surface area (TPSA) is 93.7 Å². The summed E-state index contributed by atoms with van der Waals surface area (Å²) < 4.78 is 37.1. The van der Waals surface area contributed by atoms with E-state index < -0.39 is 10.0 Å². The smallest absolute Gasteiger partial charge is 0.240 e. The molecule has 0 radical (unpaired) electrons. The molecule has 8 heteroatoms. The molecule has 2 N–H and O–H groups in total. The monoisotopic (exact) mass is 378 g/mol. The summed E-state index contributed by atoms with van der Waals surface area (Å²) in [6, 6.07) is 11.5. The number of hydrogen-bond donors (Lipinski definition) is 2. The van der Waals surface area contributed by atoms with Gasteiger partial charge in [-0.25, -0.2) is 13.1 Å². The van der Waals surface area contributed by atoms with Gasteiger partial charge in [-0.1, -0.05) is 17.7 Å². The number of benzene rings is 2. The van der Waals surface area contributed by atoms with Crippen molar-refractivity contribution in [1.82, 2.24) is 4.72 Å². The van der Waals surface area contributed by atoms with Crippen molar-refractivity contribution in [1.29, 1.82) is 0 Å². The summed E-state index contributed by atoms with van der Waals surface area (Å²) in [5, 5.41) is 2.69. The van der Waals surface area contributed by atoms with Gasteiger partial charge in [0.05, 0.1) is 24.8 Å². The Morgan fingerprint density at radius 1 is 1.04 bits per heavy atom. The predicted molar refractivity (Wildman–Crippen MR) is 99.2 cm³/mol. The molecule has 0 aliphatic heterocycles. The normalized spacial score (nSPS) is 11.0. The van der Waals surface area contributed by atoms with E-state index in [-0.39, 0.29) is 23.8 Å². The fourth-order valence-corrected chi connectivity index (χ4v) is 3.26. The van der Waals surface area contributed by atoms with Crippen molar-refractivity contribution in [3.05, 3.63) is 48.0 Å². The molecule has 0 aliphatic rings. The van der Waals surface area contributed by atoms with E-state index in [2.05, 4.69) is 10.0 Å². The Hall–Kier alpha value is -2.58. The Morgan fingerprint density at radius 2 is 1.73 bits per heavy atom. The van der Waals surface area contributed by atoms with Gasteiger partial charge in [0.1, 0.15) is 11.5 Å². The SMILES string of the molecule is COc1ccc(OC)c(NC(=O)CCNS(=O)(=O)c2ccc(C)cc2)c1. The number of amides is 1. The third-order valence-electron chi connectivity index (χ3n) is 3.66. The molecule has 0 heterocycles. The van der Waals surface area contributed by atoms with Crippen LogP contribution in [0.1, 0.15) is 12.0 Å². The van der Waals surface area contributed by atoms with Crippen LogP contribution in [-0.2, 0) is 14.8 Å². The van der Waals surface area contributed by atoms with Gasteiger partial charge < -0.3 is 14.8 Å². The Kier molecular flexibility index (Phi) is 6.59. The van der Waals surface area contributed by atoms with E-state index in [0.29, 0.717) is 17.2 Å². The first-order chi connectivity index (χ1) is 12.4. The van der Waals surface area contributed by atoms with Crippen molar-refractivity contribution >= 4 is 21.6 Å². The minimum absolute atomic E-state index is 0.0195. The molecule has 2 aromatic carbocycles. The molecule has 2 rings (SSSR count). The molecular weight excluding hydrogens is 356 g/mol. The highest BCUT2D eigenvalue weighted by Gasteiger charge is 2.14.